The number of nitrogens with two attached hydrogens (primary N) is 1. The van der Waals surface area contributed by atoms with E-state index in [0.717, 1.165) is 0 Å². The Labute approximate surface area is 127 Å². The SMILES string of the molecule is CNC(=O)c1cc(NC(=O)c2ccccc2N)ccc1Cl. The number of para-hydroxylation sites is 1. The minimum Gasteiger partial charge on any atom is -0.398 e. The molecule has 0 bridgehead atoms. The van der Waals surface area contributed by atoms with Crippen molar-refractivity contribution < 1.29 is 9.59 Å². The maximum absolute atomic E-state index is 12.1. The van der Waals surface area contributed by atoms with Crippen LogP contribution in [0.15, 0.2) is 42.5 Å². The number of benzene rings is 2. The molecule has 108 valence electrons. The van der Waals surface area contributed by atoms with Gasteiger partial charge in [0.15, 0.2) is 0 Å². The molecule has 0 aliphatic rings. The highest BCUT2D eigenvalue weighted by atomic mass is 35.5. The first-order valence-corrected chi connectivity index (χ1v) is 6.58. The van der Waals surface area contributed by atoms with Gasteiger partial charge < -0.3 is 16.4 Å². The summed E-state index contributed by atoms with van der Waals surface area (Å²) in [6.45, 7) is 0. The van der Waals surface area contributed by atoms with Gasteiger partial charge in [0.1, 0.15) is 0 Å². The average molecular weight is 304 g/mol. The largest absolute Gasteiger partial charge is 0.398 e. The molecule has 0 atom stereocenters. The molecule has 6 heteroatoms. The van der Waals surface area contributed by atoms with Crippen molar-refractivity contribution in [1.29, 1.82) is 0 Å². The van der Waals surface area contributed by atoms with Crippen molar-refractivity contribution in [3.05, 3.63) is 58.6 Å². The maximum atomic E-state index is 12.1. The number of carbonyl (C=O) groups excluding carboxylic acids is 2. The van der Waals surface area contributed by atoms with Gasteiger partial charge in [0.05, 0.1) is 16.1 Å². The topological polar surface area (TPSA) is 84.2 Å². The molecular weight excluding hydrogens is 290 g/mol. The Hall–Kier alpha value is -2.53. The molecule has 5 nitrogen and oxygen atoms in total. The highest BCUT2D eigenvalue weighted by molar-refractivity contribution is 6.34. The van der Waals surface area contributed by atoms with Crippen LogP contribution in [0, 0.1) is 0 Å². The van der Waals surface area contributed by atoms with Gasteiger partial charge in [-0.05, 0) is 30.3 Å². The molecule has 0 saturated heterocycles. The normalized spacial score (nSPS) is 10.0. The number of nitrogens with one attached hydrogen (secondary N) is 2. The Balaban J connectivity index is 2.26. The third kappa shape index (κ3) is 3.32. The van der Waals surface area contributed by atoms with E-state index in [4.69, 9.17) is 17.3 Å². The van der Waals surface area contributed by atoms with Gasteiger partial charge in [-0.1, -0.05) is 23.7 Å². The molecule has 0 heterocycles. The van der Waals surface area contributed by atoms with Crippen LogP contribution in [-0.2, 0) is 0 Å². The third-order valence-electron chi connectivity index (χ3n) is 2.90. The summed E-state index contributed by atoms with van der Waals surface area (Å²) in [5, 5.41) is 5.49. The van der Waals surface area contributed by atoms with Crippen molar-refractivity contribution in [2.75, 3.05) is 18.1 Å². The Bertz CT molecular complexity index is 701. The molecule has 2 aromatic rings. The first-order chi connectivity index (χ1) is 10.0. The van der Waals surface area contributed by atoms with Crippen LogP contribution >= 0.6 is 11.6 Å². The molecule has 0 spiro atoms. The van der Waals surface area contributed by atoms with Gasteiger partial charge in [-0.25, -0.2) is 0 Å². The Kier molecular flexibility index (Phi) is 4.45. The van der Waals surface area contributed by atoms with Crippen molar-refractivity contribution in [1.82, 2.24) is 5.32 Å². The van der Waals surface area contributed by atoms with Crippen LogP contribution in [-0.4, -0.2) is 18.9 Å². The fraction of sp³-hybridized carbons (Fsp3) is 0.0667. The van der Waals surface area contributed by atoms with Crippen LogP contribution in [0.2, 0.25) is 5.02 Å². The van der Waals surface area contributed by atoms with Crippen molar-refractivity contribution in [2.24, 2.45) is 0 Å². The number of rotatable bonds is 3. The number of amides is 2. The third-order valence-corrected chi connectivity index (χ3v) is 3.23. The van der Waals surface area contributed by atoms with Crippen molar-refractivity contribution >= 4 is 34.8 Å². The van der Waals surface area contributed by atoms with E-state index in [0.29, 0.717) is 22.0 Å². The lowest BCUT2D eigenvalue weighted by molar-refractivity contribution is 0.0961. The molecule has 2 amide bonds. The molecule has 0 aliphatic carbocycles. The van der Waals surface area contributed by atoms with Crippen molar-refractivity contribution in [3.63, 3.8) is 0 Å². The van der Waals surface area contributed by atoms with Crippen LogP contribution in [0.3, 0.4) is 0 Å². The lowest BCUT2D eigenvalue weighted by atomic mass is 10.1. The predicted molar refractivity (Wildman–Crippen MR) is 83.6 cm³/mol. The zero-order chi connectivity index (χ0) is 15.4. The lowest BCUT2D eigenvalue weighted by Crippen LogP contribution is -2.19. The van der Waals surface area contributed by atoms with Crippen LogP contribution in [0.4, 0.5) is 11.4 Å². The summed E-state index contributed by atoms with van der Waals surface area (Å²) < 4.78 is 0. The minimum atomic E-state index is -0.349. The van der Waals surface area contributed by atoms with E-state index in [1.165, 1.54) is 13.1 Å². The highest BCUT2D eigenvalue weighted by Crippen LogP contribution is 2.21. The van der Waals surface area contributed by atoms with Gasteiger partial charge in [-0.15, -0.1) is 0 Å². The summed E-state index contributed by atoms with van der Waals surface area (Å²) in [4.78, 5) is 23.8. The quantitative estimate of drug-likeness (QED) is 0.762. The summed E-state index contributed by atoms with van der Waals surface area (Å²) >= 11 is 5.96. The van der Waals surface area contributed by atoms with Crippen molar-refractivity contribution in [3.8, 4) is 0 Å². The lowest BCUT2D eigenvalue weighted by Gasteiger charge is -2.09. The Morgan fingerprint density at radius 3 is 2.43 bits per heavy atom. The molecule has 0 fully saturated rings. The van der Waals surface area contributed by atoms with Gasteiger partial charge in [-0.2, -0.15) is 0 Å². The number of hydrogen-bond donors (Lipinski definition) is 3. The van der Waals surface area contributed by atoms with Gasteiger partial charge in [0, 0.05) is 18.4 Å². The van der Waals surface area contributed by atoms with E-state index in [1.54, 1.807) is 36.4 Å². The predicted octanol–water partition coefficient (Wildman–Crippen LogP) is 2.53. The molecule has 0 saturated carbocycles. The summed E-state index contributed by atoms with van der Waals surface area (Å²) in [5.41, 5.74) is 7.26. The zero-order valence-electron chi connectivity index (χ0n) is 11.3. The smallest absolute Gasteiger partial charge is 0.257 e. The second-order valence-corrected chi connectivity index (χ2v) is 4.72. The standard InChI is InChI=1S/C15H14ClN3O2/c1-18-14(20)11-8-9(6-7-12(11)16)19-15(21)10-4-2-3-5-13(10)17/h2-8H,17H2,1H3,(H,18,20)(H,19,21). The summed E-state index contributed by atoms with van der Waals surface area (Å²) in [7, 11) is 1.51. The fourth-order valence-corrected chi connectivity index (χ4v) is 2.02. The zero-order valence-corrected chi connectivity index (χ0v) is 12.1. The Morgan fingerprint density at radius 2 is 1.76 bits per heavy atom. The van der Waals surface area contributed by atoms with E-state index >= 15 is 0 Å². The molecule has 0 radical (unpaired) electrons. The van der Waals surface area contributed by atoms with Gasteiger partial charge in [0.2, 0.25) is 0 Å². The summed E-state index contributed by atoms with van der Waals surface area (Å²) in [6.07, 6.45) is 0. The van der Waals surface area contributed by atoms with Crippen LogP contribution in [0.25, 0.3) is 0 Å². The van der Waals surface area contributed by atoms with E-state index in [9.17, 15) is 9.59 Å². The van der Waals surface area contributed by atoms with Crippen LogP contribution < -0.4 is 16.4 Å². The summed E-state index contributed by atoms with van der Waals surface area (Å²) in [6, 6.07) is 11.4. The molecule has 0 aliphatic heterocycles. The molecule has 2 rings (SSSR count). The fourth-order valence-electron chi connectivity index (χ4n) is 1.81. The molecule has 4 N–H and O–H groups in total. The van der Waals surface area contributed by atoms with Crippen LogP contribution in [0.1, 0.15) is 20.7 Å². The molecule has 2 aromatic carbocycles. The van der Waals surface area contributed by atoms with E-state index in [2.05, 4.69) is 10.6 Å². The second kappa shape index (κ2) is 6.28. The first kappa shape index (κ1) is 14.9. The molecular formula is C15H14ClN3O2. The maximum Gasteiger partial charge on any atom is 0.257 e. The second-order valence-electron chi connectivity index (χ2n) is 4.32. The van der Waals surface area contributed by atoms with Crippen molar-refractivity contribution in [2.45, 2.75) is 0 Å². The van der Waals surface area contributed by atoms with E-state index in [1.807, 2.05) is 0 Å². The first-order valence-electron chi connectivity index (χ1n) is 6.20. The number of halogens is 1. The van der Waals surface area contributed by atoms with Gasteiger partial charge >= 0.3 is 0 Å². The number of carbonyl (C=O) groups is 2. The molecule has 21 heavy (non-hydrogen) atoms. The number of nitrogen functional groups attached to an aromatic ring is 1. The Morgan fingerprint density at radius 1 is 1.05 bits per heavy atom. The van der Waals surface area contributed by atoms with E-state index < -0.39 is 0 Å². The molecule has 0 aromatic heterocycles. The van der Waals surface area contributed by atoms with Crippen LogP contribution in [0.5, 0.6) is 0 Å². The number of hydrogen-bond acceptors (Lipinski definition) is 3. The highest BCUT2D eigenvalue weighted by Gasteiger charge is 2.13. The van der Waals surface area contributed by atoms with Gasteiger partial charge in [0.25, 0.3) is 11.8 Å². The summed E-state index contributed by atoms with van der Waals surface area (Å²) in [5.74, 6) is -0.673. The monoisotopic (exact) mass is 303 g/mol. The van der Waals surface area contributed by atoms with E-state index in [-0.39, 0.29) is 17.4 Å². The average Bonchev–Trinajstić information content (AvgIpc) is 2.48. The van der Waals surface area contributed by atoms with Gasteiger partial charge in [-0.3, -0.25) is 9.59 Å². The molecule has 0 unspecified atom stereocenters. The number of anilines is 2. The minimum absolute atomic E-state index is 0.290.